The average Bonchev–Trinajstić information content (AvgIpc) is 2.49. The number of aliphatic imine (C=N–C) groups is 1. The third-order valence-electron chi connectivity index (χ3n) is 3.42. The number of hydrogen-bond acceptors (Lipinski definition) is 3. The molecular formula is C15H33IN4O. The van der Waals surface area contributed by atoms with E-state index in [1.807, 2.05) is 0 Å². The molecule has 0 atom stereocenters. The standard InChI is InChI=1S/C15H32N4O.HI/c1-3-5-6-8-17-15(16-4-2)18-9-7-10-19-11-13-20-14-12-19;/h3-14H2,1-2H3,(H2,16,17,18);1H. The summed E-state index contributed by atoms with van der Waals surface area (Å²) in [4.78, 5) is 7.09. The van der Waals surface area contributed by atoms with Gasteiger partial charge in [0.15, 0.2) is 5.96 Å². The van der Waals surface area contributed by atoms with Crippen molar-refractivity contribution in [2.75, 3.05) is 52.5 Å². The largest absolute Gasteiger partial charge is 0.379 e. The highest BCUT2D eigenvalue weighted by Gasteiger charge is 2.08. The van der Waals surface area contributed by atoms with Gasteiger partial charge in [0.1, 0.15) is 0 Å². The second-order valence-electron chi connectivity index (χ2n) is 5.20. The molecule has 1 rings (SSSR count). The van der Waals surface area contributed by atoms with E-state index in [0.29, 0.717) is 0 Å². The fraction of sp³-hybridized carbons (Fsp3) is 0.933. The van der Waals surface area contributed by atoms with Gasteiger partial charge in [-0.2, -0.15) is 0 Å². The van der Waals surface area contributed by atoms with E-state index in [0.717, 1.165) is 64.9 Å². The smallest absolute Gasteiger partial charge is 0.191 e. The van der Waals surface area contributed by atoms with E-state index in [2.05, 4.69) is 34.4 Å². The number of ether oxygens (including phenoxy) is 1. The molecule has 0 amide bonds. The van der Waals surface area contributed by atoms with Crippen molar-refractivity contribution in [3.05, 3.63) is 0 Å². The normalized spacial score (nSPS) is 16.4. The Bertz CT molecular complexity index is 258. The fourth-order valence-corrected chi connectivity index (χ4v) is 2.23. The molecule has 6 heteroatoms. The molecule has 2 N–H and O–H groups in total. The maximum atomic E-state index is 5.35. The van der Waals surface area contributed by atoms with Crippen molar-refractivity contribution in [1.82, 2.24) is 15.5 Å². The molecule has 1 aliphatic heterocycles. The minimum atomic E-state index is 0. The molecule has 0 saturated carbocycles. The van der Waals surface area contributed by atoms with Crippen LogP contribution in [0.15, 0.2) is 4.99 Å². The Labute approximate surface area is 147 Å². The van der Waals surface area contributed by atoms with E-state index in [1.165, 1.54) is 19.3 Å². The van der Waals surface area contributed by atoms with Crippen LogP contribution in [-0.4, -0.2) is 63.3 Å². The summed E-state index contributed by atoms with van der Waals surface area (Å²) < 4.78 is 5.35. The molecule has 0 aromatic carbocycles. The molecular weight excluding hydrogens is 379 g/mol. The van der Waals surface area contributed by atoms with Gasteiger partial charge in [-0.05, 0) is 19.8 Å². The molecule has 0 aromatic heterocycles. The number of rotatable bonds is 9. The van der Waals surface area contributed by atoms with Crippen LogP contribution in [0.1, 0.15) is 39.5 Å². The Balaban J connectivity index is 0.00000400. The van der Waals surface area contributed by atoms with Crippen LogP contribution in [0, 0.1) is 0 Å². The molecule has 1 aliphatic rings. The van der Waals surface area contributed by atoms with Crippen molar-refractivity contribution < 1.29 is 4.74 Å². The van der Waals surface area contributed by atoms with Gasteiger partial charge in [-0.3, -0.25) is 9.89 Å². The Morgan fingerprint density at radius 3 is 2.52 bits per heavy atom. The van der Waals surface area contributed by atoms with Gasteiger partial charge in [-0.25, -0.2) is 0 Å². The highest BCUT2D eigenvalue weighted by atomic mass is 127. The zero-order valence-corrected chi connectivity index (χ0v) is 16.0. The van der Waals surface area contributed by atoms with Crippen molar-refractivity contribution in [2.45, 2.75) is 39.5 Å². The van der Waals surface area contributed by atoms with Gasteiger partial charge in [0.25, 0.3) is 0 Å². The first kappa shape index (κ1) is 20.9. The predicted octanol–water partition coefficient (Wildman–Crippen LogP) is 2.07. The molecule has 0 aromatic rings. The van der Waals surface area contributed by atoms with E-state index in [4.69, 9.17) is 4.74 Å². The van der Waals surface area contributed by atoms with Crippen molar-refractivity contribution >= 4 is 29.9 Å². The first-order valence-electron chi connectivity index (χ1n) is 8.19. The van der Waals surface area contributed by atoms with E-state index >= 15 is 0 Å². The van der Waals surface area contributed by atoms with Crippen LogP contribution >= 0.6 is 24.0 Å². The lowest BCUT2D eigenvalue weighted by molar-refractivity contribution is 0.0377. The van der Waals surface area contributed by atoms with Crippen LogP contribution in [0.25, 0.3) is 0 Å². The molecule has 1 fully saturated rings. The summed E-state index contributed by atoms with van der Waals surface area (Å²) in [5.41, 5.74) is 0. The van der Waals surface area contributed by atoms with Crippen molar-refractivity contribution in [1.29, 1.82) is 0 Å². The van der Waals surface area contributed by atoms with Gasteiger partial charge >= 0.3 is 0 Å². The molecule has 0 unspecified atom stereocenters. The molecule has 0 aliphatic carbocycles. The highest BCUT2D eigenvalue weighted by molar-refractivity contribution is 14.0. The number of hydrogen-bond donors (Lipinski definition) is 2. The maximum Gasteiger partial charge on any atom is 0.191 e. The molecule has 0 spiro atoms. The van der Waals surface area contributed by atoms with Gasteiger partial charge in [0, 0.05) is 39.3 Å². The quantitative estimate of drug-likeness (QED) is 0.264. The summed E-state index contributed by atoms with van der Waals surface area (Å²) in [6.45, 7) is 12.2. The zero-order valence-electron chi connectivity index (χ0n) is 13.7. The van der Waals surface area contributed by atoms with Crippen LogP contribution in [0.2, 0.25) is 0 Å². The van der Waals surface area contributed by atoms with Crippen LogP contribution < -0.4 is 10.6 Å². The van der Waals surface area contributed by atoms with Crippen LogP contribution in [0.5, 0.6) is 0 Å². The van der Waals surface area contributed by atoms with Crippen LogP contribution in [0.3, 0.4) is 0 Å². The van der Waals surface area contributed by atoms with Gasteiger partial charge in [-0.15, -0.1) is 24.0 Å². The maximum absolute atomic E-state index is 5.35. The molecule has 21 heavy (non-hydrogen) atoms. The Morgan fingerprint density at radius 1 is 1.10 bits per heavy atom. The van der Waals surface area contributed by atoms with Crippen molar-refractivity contribution in [2.24, 2.45) is 4.99 Å². The minimum Gasteiger partial charge on any atom is -0.379 e. The van der Waals surface area contributed by atoms with Gasteiger partial charge in [0.2, 0.25) is 0 Å². The summed E-state index contributed by atoms with van der Waals surface area (Å²) in [5, 5.41) is 6.70. The number of nitrogens with one attached hydrogen (secondary N) is 2. The molecule has 126 valence electrons. The van der Waals surface area contributed by atoms with E-state index in [1.54, 1.807) is 0 Å². The predicted molar refractivity (Wildman–Crippen MR) is 101 cm³/mol. The van der Waals surface area contributed by atoms with Crippen molar-refractivity contribution in [3.63, 3.8) is 0 Å². The third-order valence-corrected chi connectivity index (χ3v) is 3.42. The van der Waals surface area contributed by atoms with Crippen molar-refractivity contribution in [3.8, 4) is 0 Å². The Kier molecular flexibility index (Phi) is 14.8. The molecule has 5 nitrogen and oxygen atoms in total. The topological polar surface area (TPSA) is 48.9 Å². The SMILES string of the molecule is CCCCCNC(=NCCCN1CCOCC1)NCC.I. The summed E-state index contributed by atoms with van der Waals surface area (Å²) in [6, 6.07) is 0. The Hall–Kier alpha value is -0.0800. The highest BCUT2D eigenvalue weighted by Crippen LogP contribution is 1.98. The van der Waals surface area contributed by atoms with E-state index in [-0.39, 0.29) is 24.0 Å². The van der Waals surface area contributed by atoms with Gasteiger partial charge in [0.05, 0.1) is 13.2 Å². The number of halogens is 1. The Morgan fingerprint density at radius 2 is 1.86 bits per heavy atom. The third kappa shape index (κ3) is 11.2. The summed E-state index contributed by atoms with van der Waals surface area (Å²) in [5.74, 6) is 0.964. The second kappa shape index (κ2) is 14.8. The monoisotopic (exact) mass is 412 g/mol. The van der Waals surface area contributed by atoms with Gasteiger partial charge in [-0.1, -0.05) is 19.8 Å². The van der Waals surface area contributed by atoms with E-state index < -0.39 is 0 Å². The summed E-state index contributed by atoms with van der Waals surface area (Å²) >= 11 is 0. The lowest BCUT2D eigenvalue weighted by Gasteiger charge is -2.26. The number of unbranched alkanes of at least 4 members (excludes halogenated alkanes) is 2. The lowest BCUT2D eigenvalue weighted by Crippen LogP contribution is -2.38. The number of guanidine groups is 1. The number of morpholine rings is 1. The molecule has 0 radical (unpaired) electrons. The molecule has 1 heterocycles. The zero-order chi connectivity index (χ0) is 14.5. The first-order valence-corrected chi connectivity index (χ1v) is 8.19. The summed E-state index contributed by atoms with van der Waals surface area (Å²) in [6.07, 6.45) is 4.87. The first-order chi connectivity index (χ1) is 9.86. The molecule has 0 bridgehead atoms. The average molecular weight is 412 g/mol. The summed E-state index contributed by atoms with van der Waals surface area (Å²) in [7, 11) is 0. The lowest BCUT2D eigenvalue weighted by atomic mass is 10.2. The van der Waals surface area contributed by atoms with E-state index in [9.17, 15) is 0 Å². The van der Waals surface area contributed by atoms with Crippen LogP contribution in [0.4, 0.5) is 0 Å². The second-order valence-corrected chi connectivity index (χ2v) is 5.20. The van der Waals surface area contributed by atoms with Gasteiger partial charge < -0.3 is 15.4 Å². The number of nitrogens with zero attached hydrogens (tertiary/aromatic N) is 2. The van der Waals surface area contributed by atoms with Crippen LogP contribution in [-0.2, 0) is 4.74 Å². The fourth-order valence-electron chi connectivity index (χ4n) is 2.23. The molecule has 1 saturated heterocycles. The minimum absolute atomic E-state index is 0.